The van der Waals surface area contributed by atoms with Gasteiger partial charge in [-0.25, -0.2) is 0 Å². The lowest BCUT2D eigenvalue weighted by Gasteiger charge is -2.32. The van der Waals surface area contributed by atoms with Crippen LogP contribution in [-0.2, 0) is 14.4 Å². The SMILES string of the molecule is Cc1cccc(N2CC(C(=O)N3CCC[C@H](C(=O)O)C3)CC2=O)c1C. The second-order valence-electron chi connectivity index (χ2n) is 7.09. The van der Waals surface area contributed by atoms with Crippen molar-refractivity contribution in [2.24, 2.45) is 11.8 Å². The third-order valence-corrected chi connectivity index (χ3v) is 5.42. The fraction of sp³-hybridized carbons (Fsp3) is 0.526. The maximum Gasteiger partial charge on any atom is 0.308 e. The Morgan fingerprint density at radius 1 is 1.16 bits per heavy atom. The van der Waals surface area contributed by atoms with Crippen molar-refractivity contribution in [1.29, 1.82) is 0 Å². The summed E-state index contributed by atoms with van der Waals surface area (Å²) >= 11 is 0. The Labute approximate surface area is 147 Å². The van der Waals surface area contributed by atoms with Gasteiger partial charge < -0.3 is 14.9 Å². The van der Waals surface area contributed by atoms with E-state index in [9.17, 15) is 19.5 Å². The monoisotopic (exact) mass is 344 g/mol. The average Bonchev–Trinajstić information content (AvgIpc) is 2.98. The van der Waals surface area contributed by atoms with Crippen molar-refractivity contribution in [3.05, 3.63) is 29.3 Å². The van der Waals surface area contributed by atoms with E-state index in [1.54, 1.807) is 9.80 Å². The summed E-state index contributed by atoms with van der Waals surface area (Å²) in [4.78, 5) is 39.8. The number of amides is 2. The molecule has 0 bridgehead atoms. The molecule has 1 aromatic carbocycles. The number of piperidine rings is 1. The van der Waals surface area contributed by atoms with Gasteiger partial charge in [0.25, 0.3) is 0 Å². The van der Waals surface area contributed by atoms with Gasteiger partial charge in [-0.15, -0.1) is 0 Å². The van der Waals surface area contributed by atoms with Crippen molar-refractivity contribution in [3.63, 3.8) is 0 Å². The minimum atomic E-state index is -0.850. The topological polar surface area (TPSA) is 77.9 Å². The lowest BCUT2D eigenvalue weighted by molar-refractivity contribution is -0.146. The highest BCUT2D eigenvalue weighted by Gasteiger charge is 2.39. The Balaban J connectivity index is 1.73. The molecule has 2 amide bonds. The number of hydrogen-bond donors (Lipinski definition) is 1. The van der Waals surface area contributed by atoms with Crippen LogP contribution in [-0.4, -0.2) is 47.4 Å². The summed E-state index contributed by atoms with van der Waals surface area (Å²) in [6.07, 6.45) is 1.50. The fourth-order valence-corrected chi connectivity index (χ4v) is 3.77. The second kappa shape index (κ2) is 6.86. The molecule has 25 heavy (non-hydrogen) atoms. The van der Waals surface area contributed by atoms with Gasteiger partial charge in [-0.3, -0.25) is 14.4 Å². The summed E-state index contributed by atoms with van der Waals surface area (Å²) in [6.45, 7) is 5.19. The molecule has 2 saturated heterocycles. The quantitative estimate of drug-likeness (QED) is 0.909. The number of carbonyl (C=O) groups excluding carboxylic acids is 2. The molecule has 2 heterocycles. The number of carboxylic acids is 1. The Hall–Kier alpha value is -2.37. The first-order valence-electron chi connectivity index (χ1n) is 8.76. The molecule has 0 saturated carbocycles. The van der Waals surface area contributed by atoms with Gasteiger partial charge in [0.05, 0.1) is 11.8 Å². The van der Waals surface area contributed by atoms with E-state index in [1.165, 1.54) is 0 Å². The predicted molar refractivity (Wildman–Crippen MR) is 93.3 cm³/mol. The van der Waals surface area contributed by atoms with Crippen LogP contribution in [0.2, 0.25) is 0 Å². The van der Waals surface area contributed by atoms with E-state index < -0.39 is 11.9 Å². The van der Waals surface area contributed by atoms with Crippen molar-refractivity contribution in [1.82, 2.24) is 4.90 Å². The molecule has 0 spiro atoms. The van der Waals surface area contributed by atoms with Crippen LogP contribution in [0, 0.1) is 25.7 Å². The lowest BCUT2D eigenvalue weighted by atomic mass is 9.96. The van der Waals surface area contributed by atoms with E-state index in [2.05, 4.69) is 0 Å². The maximum absolute atomic E-state index is 12.8. The van der Waals surface area contributed by atoms with Gasteiger partial charge in [0.1, 0.15) is 0 Å². The molecular weight excluding hydrogens is 320 g/mol. The molecule has 2 fully saturated rings. The van der Waals surface area contributed by atoms with Crippen LogP contribution < -0.4 is 4.90 Å². The van der Waals surface area contributed by atoms with Gasteiger partial charge >= 0.3 is 5.97 Å². The van der Waals surface area contributed by atoms with E-state index in [-0.39, 0.29) is 30.7 Å². The van der Waals surface area contributed by atoms with Gasteiger partial charge in [0.2, 0.25) is 11.8 Å². The number of likely N-dealkylation sites (tertiary alicyclic amines) is 1. The average molecular weight is 344 g/mol. The molecule has 2 atom stereocenters. The first kappa shape index (κ1) is 17.5. The number of rotatable bonds is 3. The molecule has 134 valence electrons. The van der Waals surface area contributed by atoms with Gasteiger partial charge in [0, 0.05) is 31.7 Å². The van der Waals surface area contributed by atoms with E-state index in [0.717, 1.165) is 16.8 Å². The first-order valence-corrected chi connectivity index (χ1v) is 8.76. The van der Waals surface area contributed by atoms with Crippen LogP contribution in [0.1, 0.15) is 30.4 Å². The molecule has 2 aliphatic heterocycles. The highest BCUT2D eigenvalue weighted by Crippen LogP contribution is 2.31. The van der Waals surface area contributed by atoms with E-state index in [4.69, 9.17) is 0 Å². The van der Waals surface area contributed by atoms with Crippen LogP contribution in [0.4, 0.5) is 5.69 Å². The molecule has 1 unspecified atom stereocenters. The Bertz CT molecular complexity index is 715. The normalized spacial score (nSPS) is 23.8. The number of anilines is 1. The zero-order valence-corrected chi connectivity index (χ0v) is 14.7. The van der Waals surface area contributed by atoms with Crippen LogP contribution in [0.15, 0.2) is 18.2 Å². The number of hydrogen-bond acceptors (Lipinski definition) is 3. The number of benzene rings is 1. The third kappa shape index (κ3) is 3.38. The Kier molecular flexibility index (Phi) is 4.79. The van der Waals surface area contributed by atoms with Gasteiger partial charge in [-0.05, 0) is 43.9 Å². The second-order valence-corrected chi connectivity index (χ2v) is 7.09. The molecule has 0 radical (unpaired) electrons. The van der Waals surface area contributed by atoms with Crippen molar-refractivity contribution in [3.8, 4) is 0 Å². The van der Waals surface area contributed by atoms with Gasteiger partial charge in [-0.2, -0.15) is 0 Å². The third-order valence-electron chi connectivity index (χ3n) is 5.42. The van der Waals surface area contributed by atoms with Gasteiger partial charge in [-0.1, -0.05) is 12.1 Å². The first-order chi connectivity index (χ1) is 11.9. The summed E-state index contributed by atoms with van der Waals surface area (Å²) in [7, 11) is 0. The van der Waals surface area contributed by atoms with Crippen LogP contribution in [0.5, 0.6) is 0 Å². The minimum Gasteiger partial charge on any atom is -0.481 e. The van der Waals surface area contributed by atoms with E-state index in [1.807, 2.05) is 32.0 Å². The molecule has 0 aromatic heterocycles. The summed E-state index contributed by atoms with van der Waals surface area (Å²) in [6, 6.07) is 5.83. The van der Waals surface area contributed by atoms with Crippen molar-refractivity contribution >= 4 is 23.5 Å². The largest absolute Gasteiger partial charge is 0.481 e. The highest BCUT2D eigenvalue weighted by molar-refractivity contribution is 6.01. The van der Waals surface area contributed by atoms with Crippen molar-refractivity contribution < 1.29 is 19.5 Å². The summed E-state index contributed by atoms with van der Waals surface area (Å²) < 4.78 is 0. The highest BCUT2D eigenvalue weighted by atomic mass is 16.4. The van der Waals surface area contributed by atoms with Gasteiger partial charge in [0.15, 0.2) is 0 Å². The molecule has 6 heteroatoms. The Morgan fingerprint density at radius 2 is 1.92 bits per heavy atom. The molecule has 1 aromatic rings. The van der Waals surface area contributed by atoms with Crippen molar-refractivity contribution in [2.45, 2.75) is 33.1 Å². The summed E-state index contributed by atoms with van der Waals surface area (Å²) in [5.74, 6) is -1.87. The minimum absolute atomic E-state index is 0.0427. The van der Waals surface area contributed by atoms with Crippen LogP contribution in [0.3, 0.4) is 0 Å². The van der Waals surface area contributed by atoms with E-state index >= 15 is 0 Å². The smallest absolute Gasteiger partial charge is 0.308 e. The molecule has 1 N–H and O–H groups in total. The predicted octanol–water partition coefficient (Wildman–Crippen LogP) is 1.98. The zero-order chi connectivity index (χ0) is 18.1. The van der Waals surface area contributed by atoms with Crippen molar-refractivity contribution in [2.75, 3.05) is 24.5 Å². The van der Waals surface area contributed by atoms with Crippen LogP contribution in [0.25, 0.3) is 0 Å². The summed E-state index contributed by atoms with van der Waals surface area (Å²) in [5.41, 5.74) is 3.02. The molecule has 6 nitrogen and oxygen atoms in total. The number of carboxylic acid groups (broad SMARTS) is 1. The number of nitrogens with zero attached hydrogens (tertiary/aromatic N) is 2. The molecular formula is C19H24N2O4. The van der Waals surface area contributed by atoms with Crippen LogP contribution >= 0.6 is 0 Å². The standard InChI is InChI=1S/C19H24N2O4/c1-12-5-3-7-16(13(12)2)21-11-15(9-17(21)22)18(23)20-8-4-6-14(10-20)19(24)25/h3,5,7,14-15H,4,6,8-11H2,1-2H3,(H,24,25)/t14-,15?/m0/s1. The number of aryl methyl sites for hydroxylation is 1. The zero-order valence-electron chi connectivity index (χ0n) is 14.7. The summed E-state index contributed by atoms with van der Waals surface area (Å²) in [5, 5.41) is 9.19. The number of aliphatic carboxylic acids is 1. The number of carbonyl (C=O) groups is 3. The fourth-order valence-electron chi connectivity index (χ4n) is 3.77. The molecule has 3 rings (SSSR count). The Morgan fingerprint density at radius 3 is 2.64 bits per heavy atom. The molecule has 0 aliphatic carbocycles. The lowest BCUT2D eigenvalue weighted by Crippen LogP contribution is -2.45. The maximum atomic E-state index is 12.8. The molecule has 2 aliphatic rings. The van der Waals surface area contributed by atoms with E-state index in [0.29, 0.717) is 25.9 Å².